The molecule has 0 aromatic carbocycles. The van der Waals surface area contributed by atoms with Crippen LogP contribution in [0, 0.1) is 0 Å². The van der Waals surface area contributed by atoms with Gasteiger partial charge in [0.25, 0.3) is 0 Å². The van der Waals surface area contributed by atoms with E-state index in [1.54, 1.807) is 0 Å². The minimum Gasteiger partial charge on any atom is -0.457 e. The van der Waals surface area contributed by atoms with Crippen molar-refractivity contribution >= 4 is 13.8 Å². The number of likely N-dealkylation sites (N-methyl/N-ethyl adjacent to an activating group) is 1. The Morgan fingerprint density at radius 2 is 1.05 bits per heavy atom. The monoisotopic (exact) mass is 791 g/mol. The van der Waals surface area contributed by atoms with Crippen LogP contribution in [0.25, 0.3) is 0 Å². The summed E-state index contributed by atoms with van der Waals surface area (Å²) in [6, 6.07) is 0. The van der Waals surface area contributed by atoms with Crippen LogP contribution in [-0.2, 0) is 27.9 Å². The Hall–Kier alpha value is -2.32. The van der Waals surface area contributed by atoms with Crippen LogP contribution < -0.4 is 0 Å². The Morgan fingerprint density at radius 1 is 0.582 bits per heavy atom. The number of nitrogens with zero attached hydrogens (tertiary/aromatic N) is 1. The third kappa shape index (κ3) is 42.7. The maximum absolute atomic E-state index is 12.6. The molecule has 0 saturated heterocycles. The number of rotatable bonds is 38. The second-order valence-corrected chi connectivity index (χ2v) is 16.4. The molecule has 8 nitrogen and oxygen atoms in total. The van der Waals surface area contributed by atoms with Crippen LogP contribution in [0.4, 0.5) is 0 Å². The molecule has 0 saturated carbocycles. The Labute approximate surface area is 337 Å². The molecule has 0 rings (SSSR count). The summed E-state index contributed by atoms with van der Waals surface area (Å²) in [6.07, 6.45) is 50.6. The number of phosphoric ester groups is 1. The third-order valence-corrected chi connectivity index (χ3v) is 9.44. The van der Waals surface area contributed by atoms with Gasteiger partial charge in [0.15, 0.2) is 0 Å². The van der Waals surface area contributed by atoms with Crippen LogP contribution in [0.2, 0.25) is 0 Å². The number of hydrogen-bond acceptors (Lipinski definition) is 6. The predicted octanol–water partition coefficient (Wildman–Crippen LogP) is 12.5. The highest BCUT2D eigenvalue weighted by Gasteiger charge is 2.26. The fourth-order valence-electron chi connectivity index (χ4n) is 5.16. The molecule has 0 radical (unpaired) electrons. The van der Waals surface area contributed by atoms with Crippen LogP contribution in [0.3, 0.4) is 0 Å². The van der Waals surface area contributed by atoms with Crippen molar-refractivity contribution < 1.29 is 37.3 Å². The maximum Gasteiger partial charge on any atom is 0.472 e. The molecule has 316 valence electrons. The lowest BCUT2D eigenvalue weighted by molar-refractivity contribution is -0.870. The van der Waals surface area contributed by atoms with Gasteiger partial charge in [0.1, 0.15) is 19.3 Å². The van der Waals surface area contributed by atoms with Crippen molar-refractivity contribution in [1.29, 1.82) is 0 Å². The average molecular weight is 791 g/mol. The molecule has 2 atom stereocenters. The van der Waals surface area contributed by atoms with Crippen molar-refractivity contribution in [3.63, 3.8) is 0 Å². The molecule has 55 heavy (non-hydrogen) atoms. The molecule has 2 unspecified atom stereocenters. The molecule has 0 bridgehead atoms. The minimum atomic E-state index is -4.30. The van der Waals surface area contributed by atoms with Crippen molar-refractivity contribution in [3.8, 4) is 0 Å². The summed E-state index contributed by atoms with van der Waals surface area (Å²) in [6.45, 7) is 5.35. The highest BCUT2D eigenvalue weighted by Crippen LogP contribution is 2.43. The predicted molar refractivity (Wildman–Crippen MR) is 233 cm³/mol. The van der Waals surface area contributed by atoms with E-state index in [1.807, 2.05) is 33.3 Å². The SMILES string of the molecule is CC/C=C\C/C=C\C/C=C\C/C=C\C/C=C\C/C=C\CCC(=O)OC(COCCCCCCCC/C=C\CCCCCC)COP(=O)(O)OCC[N+](C)(C)C. The number of ether oxygens (including phenoxy) is 2. The smallest absolute Gasteiger partial charge is 0.457 e. The fourth-order valence-corrected chi connectivity index (χ4v) is 5.90. The lowest BCUT2D eigenvalue weighted by Crippen LogP contribution is -2.37. The number of esters is 1. The fraction of sp³-hybridized carbons (Fsp3) is 0.674. The number of allylic oxidation sites excluding steroid dienone is 14. The first-order chi connectivity index (χ1) is 26.6. The summed E-state index contributed by atoms with van der Waals surface area (Å²) in [5.74, 6) is -0.401. The molecule has 0 amide bonds. The second kappa shape index (κ2) is 38.5. The van der Waals surface area contributed by atoms with E-state index >= 15 is 0 Å². The summed E-state index contributed by atoms with van der Waals surface area (Å²) in [5.41, 5.74) is 0. The Morgan fingerprint density at radius 3 is 1.58 bits per heavy atom. The molecule has 9 heteroatoms. The van der Waals surface area contributed by atoms with Gasteiger partial charge in [-0.15, -0.1) is 0 Å². The molecule has 0 aliphatic heterocycles. The van der Waals surface area contributed by atoms with Gasteiger partial charge in [-0.3, -0.25) is 13.8 Å². The van der Waals surface area contributed by atoms with Crippen LogP contribution in [0.5, 0.6) is 0 Å². The molecule has 0 heterocycles. The van der Waals surface area contributed by atoms with E-state index in [0.29, 0.717) is 24.1 Å². The molecule has 0 aliphatic carbocycles. The standard InChI is InChI=1S/C46H80NO7P/c1-6-8-10-12-14-16-18-20-22-23-24-25-26-27-29-31-33-35-37-39-46(48)54-45(44-53-55(49,50)52-42-40-47(3,4)5)43-51-41-38-36-34-32-30-28-21-19-17-15-13-11-9-7-2/h8,10,14,16-17,19-20,22,24-25,27,29,33,35,45H,6-7,9,11-13,15,18,21,23,26,28,30-32,34,36-44H2,1-5H3/p+1/b10-8-,16-14-,19-17-,22-20-,25-24-,29-27-,35-33-. The first-order valence-electron chi connectivity index (χ1n) is 21.3. The van der Waals surface area contributed by atoms with Crippen LogP contribution in [0.15, 0.2) is 85.1 Å². The van der Waals surface area contributed by atoms with Gasteiger partial charge in [-0.1, -0.05) is 144 Å². The first-order valence-corrected chi connectivity index (χ1v) is 22.8. The average Bonchev–Trinajstić information content (AvgIpc) is 3.13. The summed E-state index contributed by atoms with van der Waals surface area (Å²) >= 11 is 0. The highest BCUT2D eigenvalue weighted by molar-refractivity contribution is 7.47. The lowest BCUT2D eigenvalue weighted by Gasteiger charge is -2.24. The lowest BCUT2D eigenvalue weighted by atomic mass is 10.1. The molecule has 0 aromatic rings. The number of phosphoric acid groups is 1. The number of unbranched alkanes of at least 4 members (excludes halogenated alkanes) is 10. The minimum absolute atomic E-state index is 0.0695. The molecular weight excluding hydrogens is 709 g/mol. The number of hydrogen-bond donors (Lipinski definition) is 1. The largest absolute Gasteiger partial charge is 0.472 e. The van der Waals surface area contributed by atoms with E-state index in [2.05, 4.69) is 86.8 Å². The van der Waals surface area contributed by atoms with Crippen LogP contribution in [0.1, 0.15) is 142 Å². The van der Waals surface area contributed by atoms with E-state index in [9.17, 15) is 14.3 Å². The molecule has 1 N–H and O–H groups in total. The third-order valence-electron chi connectivity index (χ3n) is 8.45. The molecular formula is C46H81NO7P+. The first kappa shape index (κ1) is 52.7. The van der Waals surface area contributed by atoms with Crippen LogP contribution in [-0.4, -0.2) is 75.6 Å². The summed E-state index contributed by atoms with van der Waals surface area (Å²) in [7, 11) is 1.60. The van der Waals surface area contributed by atoms with Crippen molar-refractivity contribution in [3.05, 3.63) is 85.1 Å². The summed E-state index contributed by atoms with van der Waals surface area (Å²) in [4.78, 5) is 22.8. The Balaban J connectivity index is 4.42. The highest BCUT2D eigenvalue weighted by atomic mass is 31.2. The Bertz CT molecular complexity index is 1150. The zero-order valence-corrected chi connectivity index (χ0v) is 36.5. The van der Waals surface area contributed by atoms with Gasteiger partial charge in [-0.05, 0) is 77.0 Å². The quantitative estimate of drug-likeness (QED) is 0.0219. The van der Waals surface area contributed by atoms with E-state index in [1.165, 1.54) is 64.2 Å². The molecule has 0 aliphatic rings. The maximum atomic E-state index is 12.6. The van der Waals surface area contributed by atoms with Crippen LogP contribution >= 0.6 is 7.82 Å². The number of carbonyl (C=O) groups is 1. The normalized spacial score (nSPS) is 14.7. The molecule has 0 spiro atoms. The van der Waals surface area contributed by atoms with E-state index < -0.39 is 19.9 Å². The van der Waals surface area contributed by atoms with E-state index in [-0.39, 0.29) is 26.2 Å². The van der Waals surface area contributed by atoms with Gasteiger partial charge in [-0.2, -0.15) is 0 Å². The van der Waals surface area contributed by atoms with E-state index in [4.69, 9.17) is 18.5 Å². The number of quaternary nitrogens is 1. The Kier molecular flexibility index (Phi) is 36.9. The topological polar surface area (TPSA) is 91.3 Å². The van der Waals surface area contributed by atoms with Gasteiger partial charge in [0, 0.05) is 13.0 Å². The van der Waals surface area contributed by atoms with Gasteiger partial charge in [0.05, 0.1) is 34.4 Å². The van der Waals surface area contributed by atoms with Crippen molar-refractivity contribution in [2.75, 3.05) is 54.1 Å². The molecule has 0 fully saturated rings. The van der Waals surface area contributed by atoms with Gasteiger partial charge in [-0.25, -0.2) is 4.57 Å². The van der Waals surface area contributed by atoms with Crippen molar-refractivity contribution in [2.24, 2.45) is 0 Å². The summed E-state index contributed by atoms with van der Waals surface area (Å²) in [5, 5.41) is 0. The zero-order chi connectivity index (χ0) is 40.6. The number of carbonyl (C=O) groups excluding carboxylic acids is 1. The zero-order valence-electron chi connectivity index (χ0n) is 35.6. The second-order valence-electron chi connectivity index (χ2n) is 15.0. The van der Waals surface area contributed by atoms with Gasteiger partial charge in [0.2, 0.25) is 0 Å². The molecule has 0 aromatic heterocycles. The van der Waals surface area contributed by atoms with Gasteiger partial charge < -0.3 is 18.9 Å². The van der Waals surface area contributed by atoms with E-state index in [0.717, 1.165) is 51.4 Å². The van der Waals surface area contributed by atoms with Crippen molar-refractivity contribution in [2.45, 2.75) is 148 Å². The van der Waals surface area contributed by atoms with Crippen molar-refractivity contribution in [1.82, 2.24) is 0 Å². The van der Waals surface area contributed by atoms with Gasteiger partial charge >= 0.3 is 13.8 Å². The summed E-state index contributed by atoms with van der Waals surface area (Å²) < 4.78 is 34.8.